The summed E-state index contributed by atoms with van der Waals surface area (Å²) in [5.74, 6) is 0.119. The first-order valence-corrected chi connectivity index (χ1v) is 8.95. The summed E-state index contributed by atoms with van der Waals surface area (Å²) >= 11 is 7.42. The van der Waals surface area contributed by atoms with Gasteiger partial charge in [0.15, 0.2) is 0 Å². The first-order valence-electron chi connectivity index (χ1n) is 7.75. The van der Waals surface area contributed by atoms with E-state index in [-0.39, 0.29) is 11.9 Å². The number of halogens is 1. The molecule has 0 saturated carbocycles. The van der Waals surface area contributed by atoms with Crippen LogP contribution < -0.4 is 10.6 Å². The van der Waals surface area contributed by atoms with Gasteiger partial charge in [-0.05, 0) is 30.2 Å². The molecule has 7 heteroatoms. The molecule has 2 aromatic carbocycles. The maximum atomic E-state index is 12.1. The Morgan fingerprint density at radius 3 is 2.60 bits per heavy atom. The number of rotatable bonds is 4. The fourth-order valence-corrected chi connectivity index (χ4v) is 3.27. The van der Waals surface area contributed by atoms with E-state index in [9.17, 15) is 4.79 Å². The van der Waals surface area contributed by atoms with Crippen LogP contribution in [0.5, 0.6) is 0 Å². The summed E-state index contributed by atoms with van der Waals surface area (Å²) in [6.07, 6.45) is 0. The van der Waals surface area contributed by atoms with Crippen molar-refractivity contribution in [1.82, 2.24) is 10.2 Å². The molecule has 0 fully saturated rings. The highest BCUT2D eigenvalue weighted by Gasteiger charge is 2.15. The van der Waals surface area contributed by atoms with Crippen molar-refractivity contribution in [2.45, 2.75) is 19.8 Å². The zero-order valence-corrected chi connectivity index (χ0v) is 15.4. The third kappa shape index (κ3) is 4.35. The molecule has 3 aromatic rings. The number of carbonyl (C=O) groups is 1. The van der Waals surface area contributed by atoms with E-state index in [0.29, 0.717) is 15.8 Å². The van der Waals surface area contributed by atoms with E-state index in [0.717, 1.165) is 16.1 Å². The van der Waals surface area contributed by atoms with E-state index in [2.05, 4.69) is 27.8 Å². The van der Waals surface area contributed by atoms with Crippen molar-refractivity contribution >= 4 is 39.8 Å². The van der Waals surface area contributed by atoms with Crippen molar-refractivity contribution < 1.29 is 4.79 Å². The highest BCUT2D eigenvalue weighted by molar-refractivity contribution is 7.15. The summed E-state index contributed by atoms with van der Waals surface area (Å²) in [5.41, 5.74) is 2.73. The van der Waals surface area contributed by atoms with Gasteiger partial charge in [0.2, 0.25) is 5.13 Å². The molecule has 2 amide bonds. The maximum Gasteiger partial charge on any atom is 0.325 e. The van der Waals surface area contributed by atoms with E-state index in [4.69, 9.17) is 11.6 Å². The summed E-state index contributed by atoms with van der Waals surface area (Å²) in [6, 6.07) is 15.0. The van der Waals surface area contributed by atoms with Crippen LogP contribution in [-0.4, -0.2) is 16.2 Å². The predicted molar refractivity (Wildman–Crippen MR) is 103 cm³/mol. The average molecular weight is 373 g/mol. The molecule has 0 spiro atoms. The Hall–Kier alpha value is -2.44. The van der Waals surface area contributed by atoms with Gasteiger partial charge in [0.25, 0.3) is 0 Å². The van der Waals surface area contributed by atoms with Gasteiger partial charge >= 0.3 is 6.03 Å². The van der Waals surface area contributed by atoms with Gasteiger partial charge in [-0.3, -0.25) is 5.32 Å². The van der Waals surface area contributed by atoms with E-state index in [1.54, 1.807) is 12.1 Å². The third-order valence-electron chi connectivity index (χ3n) is 3.76. The zero-order valence-electron chi connectivity index (χ0n) is 13.8. The van der Waals surface area contributed by atoms with Crippen molar-refractivity contribution in [1.29, 1.82) is 0 Å². The molecule has 1 atom stereocenters. The molecule has 128 valence electrons. The molecule has 2 N–H and O–H groups in total. The molecule has 1 aromatic heterocycles. The molecule has 0 aliphatic heterocycles. The number of urea groups is 1. The number of hydrogen-bond donors (Lipinski definition) is 2. The minimum atomic E-state index is -0.380. The van der Waals surface area contributed by atoms with Gasteiger partial charge < -0.3 is 5.32 Å². The van der Waals surface area contributed by atoms with Crippen LogP contribution in [0.2, 0.25) is 5.02 Å². The third-order valence-corrected chi connectivity index (χ3v) is 5.19. The van der Waals surface area contributed by atoms with Crippen LogP contribution in [0.25, 0.3) is 0 Å². The largest absolute Gasteiger partial charge is 0.325 e. The molecule has 0 aliphatic carbocycles. The zero-order chi connectivity index (χ0) is 17.8. The van der Waals surface area contributed by atoms with Crippen molar-refractivity contribution in [3.8, 4) is 0 Å². The van der Waals surface area contributed by atoms with Crippen molar-refractivity contribution in [2.75, 3.05) is 10.6 Å². The lowest BCUT2D eigenvalue weighted by Crippen LogP contribution is -2.19. The van der Waals surface area contributed by atoms with Crippen molar-refractivity contribution in [3.63, 3.8) is 0 Å². The smallest absolute Gasteiger partial charge is 0.308 e. The van der Waals surface area contributed by atoms with Crippen LogP contribution >= 0.6 is 22.9 Å². The van der Waals surface area contributed by atoms with Gasteiger partial charge in [-0.15, -0.1) is 10.2 Å². The Bertz CT molecular complexity index is 882. The Kier molecular flexibility index (Phi) is 5.31. The Morgan fingerprint density at radius 1 is 1.12 bits per heavy atom. The Morgan fingerprint density at radius 2 is 1.88 bits per heavy atom. The summed E-state index contributed by atoms with van der Waals surface area (Å²) in [5, 5.41) is 15.6. The molecular formula is C18H17ClN4OS. The number of benzene rings is 2. The predicted octanol–water partition coefficient (Wildman–Crippen LogP) is 5.30. The fraction of sp³-hybridized carbons (Fsp3) is 0.167. The number of carbonyl (C=O) groups excluding carboxylic acids is 1. The lowest BCUT2D eigenvalue weighted by Gasteiger charge is -2.07. The van der Waals surface area contributed by atoms with Crippen LogP contribution in [0, 0.1) is 6.92 Å². The lowest BCUT2D eigenvalue weighted by atomic mass is 10.0. The van der Waals surface area contributed by atoms with Crippen LogP contribution in [-0.2, 0) is 0 Å². The first-order chi connectivity index (χ1) is 12.0. The highest BCUT2D eigenvalue weighted by Crippen LogP contribution is 2.28. The number of nitrogens with zero attached hydrogens (tertiary/aromatic N) is 2. The minimum absolute atomic E-state index is 0.119. The molecular weight excluding hydrogens is 356 g/mol. The highest BCUT2D eigenvalue weighted by atomic mass is 35.5. The van der Waals surface area contributed by atoms with E-state index >= 15 is 0 Å². The number of aromatic nitrogens is 2. The molecule has 1 heterocycles. The van der Waals surface area contributed by atoms with Crippen molar-refractivity contribution in [3.05, 3.63) is 69.7 Å². The lowest BCUT2D eigenvalue weighted by molar-refractivity contribution is 0.262. The standard InChI is InChI=1S/C18H17ClN4OS/c1-11-8-9-14(10-15(11)19)20-17(24)21-18-23-22-16(25-18)12(2)13-6-4-3-5-7-13/h3-10,12H,1-2H3,(H2,20,21,23,24). The monoisotopic (exact) mass is 372 g/mol. The number of anilines is 2. The summed E-state index contributed by atoms with van der Waals surface area (Å²) in [4.78, 5) is 12.1. The summed E-state index contributed by atoms with van der Waals surface area (Å²) in [7, 11) is 0. The second kappa shape index (κ2) is 7.63. The molecule has 0 bridgehead atoms. The molecule has 0 radical (unpaired) electrons. The minimum Gasteiger partial charge on any atom is -0.308 e. The van der Waals surface area contributed by atoms with Gasteiger partial charge in [0, 0.05) is 16.6 Å². The quantitative estimate of drug-likeness (QED) is 0.653. The summed E-state index contributed by atoms with van der Waals surface area (Å²) < 4.78 is 0. The molecule has 25 heavy (non-hydrogen) atoms. The van der Waals surface area contributed by atoms with E-state index < -0.39 is 0 Å². The van der Waals surface area contributed by atoms with Crippen LogP contribution in [0.4, 0.5) is 15.6 Å². The van der Waals surface area contributed by atoms with Gasteiger partial charge in [-0.1, -0.05) is 66.3 Å². The van der Waals surface area contributed by atoms with E-state index in [1.165, 1.54) is 11.3 Å². The van der Waals surface area contributed by atoms with Crippen LogP contribution in [0.15, 0.2) is 48.5 Å². The van der Waals surface area contributed by atoms with Gasteiger partial charge in [-0.2, -0.15) is 0 Å². The molecule has 0 aliphatic rings. The Labute approximate surface area is 155 Å². The molecule has 5 nitrogen and oxygen atoms in total. The topological polar surface area (TPSA) is 66.9 Å². The summed E-state index contributed by atoms with van der Waals surface area (Å²) in [6.45, 7) is 3.97. The maximum absolute atomic E-state index is 12.1. The second-order valence-corrected chi connectivity index (χ2v) is 7.04. The van der Waals surface area contributed by atoms with Crippen LogP contribution in [0.3, 0.4) is 0 Å². The Balaban J connectivity index is 1.64. The van der Waals surface area contributed by atoms with Gasteiger partial charge in [-0.25, -0.2) is 4.79 Å². The normalized spacial score (nSPS) is 11.8. The SMILES string of the molecule is Cc1ccc(NC(=O)Nc2nnc(C(C)c3ccccc3)s2)cc1Cl. The van der Waals surface area contributed by atoms with Crippen LogP contribution in [0.1, 0.15) is 29.0 Å². The second-order valence-electron chi connectivity index (χ2n) is 5.62. The number of aryl methyl sites for hydroxylation is 1. The van der Waals surface area contributed by atoms with E-state index in [1.807, 2.05) is 43.3 Å². The molecule has 3 rings (SSSR count). The van der Waals surface area contributed by atoms with Crippen molar-refractivity contribution in [2.24, 2.45) is 0 Å². The number of amides is 2. The van der Waals surface area contributed by atoms with Gasteiger partial charge in [0.05, 0.1) is 0 Å². The molecule has 0 saturated heterocycles. The average Bonchev–Trinajstić information content (AvgIpc) is 3.06. The number of hydrogen-bond acceptors (Lipinski definition) is 4. The first kappa shape index (κ1) is 17.4. The fourth-order valence-electron chi connectivity index (χ4n) is 2.27. The number of nitrogens with one attached hydrogen (secondary N) is 2. The van der Waals surface area contributed by atoms with Gasteiger partial charge in [0.1, 0.15) is 5.01 Å². The molecule has 1 unspecified atom stereocenters.